The molecule has 2 aliphatic rings. The average Bonchev–Trinajstić information content (AvgIpc) is 2.75. The molecule has 2 aromatic rings. The molecule has 0 saturated heterocycles. The molecule has 29 heavy (non-hydrogen) atoms. The van der Waals surface area contributed by atoms with Gasteiger partial charge >= 0.3 is 0 Å². The number of rotatable bonds is 6. The zero-order valence-electron chi connectivity index (χ0n) is 17.2. The van der Waals surface area contributed by atoms with E-state index in [0.717, 1.165) is 41.0 Å². The van der Waals surface area contributed by atoms with E-state index in [-0.39, 0.29) is 5.91 Å². The number of fused-ring (bicyclic) bond motifs is 1. The Kier molecular flexibility index (Phi) is 6.30. The van der Waals surface area contributed by atoms with Crippen molar-refractivity contribution in [1.29, 1.82) is 0 Å². The quantitative estimate of drug-likeness (QED) is 0.754. The SMILES string of the molecule is COCc1ccc(C(=O)NC2=CC=CN(CC3CCCCC3)C2)c2ccccc12. The number of carbonyl (C=O) groups is 1. The summed E-state index contributed by atoms with van der Waals surface area (Å²) in [4.78, 5) is 15.4. The molecule has 0 spiro atoms. The lowest BCUT2D eigenvalue weighted by molar-refractivity contribution is 0.0964. The van der Waals surface area contributed by atoms with Crippen LogP contribution >= 0.6 is 0 Å². The van der Waals surface area contributed by atoms with Crippen molar-refractivity contribution < 1.29 is 9.53 Å². The van der Waals surface area contributed by atoms with Crippen molar-refractivity contribution >= 4 is 16.7 Å². The van der Waals surface area contributed by atoms with Crippen LogP contribution in [0.4, 0.5) is 0 Å². The second-order valence-corrected chi connectivity index (χ2v) is 8.17. The molecule has 4 nitrogen and oxygen atoms in total. The second kappa shape index (κ2) is 9.27. The molecule has 2 aromatic carbocycles. The lowest BCUT2D eigenvalue weighted by Crippen LogP contribution is -2.35. The molecular formula is C25H30N2O2. The molecule has 0 unspecified atom stereocenters. The molecule has 0 aromatic heterocycles. The van der Waals surface area contributed by atoms with E-state index >= 15 is 0 Å². The van der Waals surface area contributed by atoms with Gasteiger partial charge in [0.2, 0.25) is 0 Å². The van der Waals surface area contributed by atoms with Gasteiger partial charge in [-0.2, -0.15) is 0 Å². The van der Waals surface area contributed by atoms with Crippen LogP contribution < -0.4 is 5.32 Å². The first-order valence-electron chi connectivity index (χ1n) is 10.7. The maximum Gasteiger partial charge on any atom is 0.256 e. The number of carbonyl (C=O) groups excluding carboxylic acids is 1. The highest BCUT2D eigenvalue weighted by molar-refractivity contribution is 6.08. The summed E-state index contributed by atoms with van der Waals surface area (Å²) in [6, 6.07) is 11.9. The van der Waals surface area contributed by atoms with E-state index in [2.05, 4.69) is 22.5 Å². The van der Waals surface area contributed by atoms with Gasteiger partial charge in [0, 0.05) is 24.9 Å². The number of methoxy groups -OCH3 is 1. The first-order valence-corrected chi connectivity index (χ1v) is 10.7. The van der Waals surface area contributed by atoms with E-state index in [1.165, 1.54) is 32.1 Å². The van der Waals surface area contributed by atoms with Crippen LogP contribution in [-0.4, -0.2) is 31.0 Å². The van der Waals surface area contributed by atoms with Crippen molar-refractivity contribution in [3.63, 3.8) is 0 Å². The number of allylic oxidation sites excluding steroid dienone is 2. The van der Waals surface area contributed by atoms with E-state index in [4.69, 9.17) is 4.74 Å². The maximum absolute atomic E-state index is 13.1. The van der Waals surface area contributed by atoms with Gasteiger partial charge in [0.25, 0.3) is 5.91 Å². The van der Waals surface area contributed by atoms with Crippen molar-refractivity contribution in [2.45, 2.75) is 38.7 Å². The fourth-order valence-corrected chi connectivity index (χ4v) is 4.57. The smallest absolute Gasteiger partial charge is 0.256 e. The Hall–Kier alpha value is -2.59. The summed E-state index contributed by atoms with van der Waals surface area (Å²) in [5.74, 6) is 0.727. The predicted molar refractivity (Wildman–Crippen MR) is 117 cm³/mol. The second-order valence-electron chi connectivity index (χ2n) is 8.17. The van der Waals surface area contributed by atoms with Gasteiger partial charge in [0.15, 0.2) is 0 Å². The van der Waals surface area contributed by atoms with Crippen LogP contribution in [0.25, 0.3) is 10.8 Å². The summed E-state index contributed by atoms with van der Waals surface area (Å²) >= 11 is 0. The highest BCUT2D eigenvalue weighted by Gasteiger charge is 2.19. The minimum Gasteiger partial charge on any atom is -0.380 e. The highest BCUT2D eigenvalue weighted by Crippen LogP contribution is 2.26. The Morgan fingerprint density at radius 3 is 2.69 bits per heavy atom. The highest BCUT2D eigenvalue weighted by atomic mass is 16.5. The van der Waals surface area contributed by atoms with Gasteiger partial charge in [-0.25, -0.2) is 0 Å². The lowest BCUT2D eigenvalue weighted by Gasteiger charge is -2.31. The topological polar surface area (TPSA) is 41.6 Å². The van der Waals surface area contributed by atoms with Crippen LogP contribution in [0.3, 0.4) is 0 Å². The van der Waals surface area contributed by atoms with Gasteiger partial charge in [0.1, 0.15) is 0 Å². The third-order valence-corrected chi connectivity index (χ3v) is 6.02. The number of ether oxygens (including phenoxy) is 1. The molecule has 1 saturated carbocycles. The normalized spacial score (nSPS) is 17.4. The molecule has 1 aliphatic heterocycles. The molecule has 1 fully saturated rings. The number of amides is 1. The third-order valence-electron chi connectivity index (χ3n) is 6.02. The van der Waals surface area contributed by atoms with Crippen LogP contribution in [0.2, 0.25) is 0 Å². The van der Waals surface area contributed by atoms with Crippen molar-refractivity contribution in [2.24, 2.45) is 5.92 Å². The molecule has 4 rings (SSSR count). The average molecular weight is 391 g/mol. The van der Waals surface area contributed by atoms with Crippen molar-refractivity contribution in [3.05, 3.63) is 71.6 Å². The van der Waals surface area contributed by atoms with Gasteiger partial charge in [-0.1, -0.05) is 49.6 Å². The molecule has 4 heteroatoms. The van der Waals surface area contributed by atoms with Gasteiger partial charge in [-0.3, -0.25) is 4.79 Å². The standard InChI is InChI=1S/C25H30N2O2/c1-29-18-20-13-14-24(23-12-6-5-11-22(20)23)25(28)26-21-10-7-15-27(17-21)16-19-8-3-2-4-9-19/h5-7,10-15,19H,2-4,8-9,16-18H2,1H3,(H,26,28). The Morgan fingerprint density at radius 1 is 1.10 bits per heavy atom. The summed E-state index contributed by atoms with van der Waals surface area (Å²) in [5, 5.41) is 5.18. The number of hydrogen-bond donors (Lipinski definition) is 1. The number of hydrogen-bond acceptors (Lipinski definition) is 3. The van der Waals surface area contributed by atoms with Crippen LogP contribution in [0.1, 0.15) is 48.0 Å². The lowest BCUT2D eigenvalue weighted by atomic mass is 9.89. The first-order chi connectivity index (χ1) is 14.2. The van der Waals surface area contributed by atoms with E-state index in [9.17, 15) is 4.79 Å². The monoisotopic (exact) mass is 390 g/mol. The van der Waals surface area contributed by atoms with Crippen LogP contribution in [0, 0.1) is 5.92 Å². The zero-order chi connectivity index (χ0) is 20.1. The van der Waals surface area contributed by atoms with Crippen LogP contribution in [-0.2, 0) is 11.3 Å². The minimum atomic E-state index is -0.0515. The molecule has 1 heterocycles. The van der Waals surface area contributed by atoms with Gasteiger partial charge < -0.3 is 15.0 Å². The van der Waals surface area contributed by atoms with E-state index in [1.807, 2.05) is 42.5 Å². The molecule has 1 amide bonds. The molecule has 1 aliphatic carbocycles. The van der Waals surface area contributed by atoms with E-state index in [0.29, 0.717) is 12.2 Å². The fraction of sp³-hybridized carbons (Fsp3) is 0.400. The van der Waals surface area contributed by atoms with Crippen LogP contribution in [0.15, 0.2) is 60.4 Å². The molecule has 0 atom stereocenters. The summed E-state index contributed by atoms with van der Waals surface area (Å²) in [7, 11) is 1.69. The first kappa shape index (κ1) is 19.7. The Bertz CT molecular complexity index is 926. The Morgan fingerprint density at radius 2 is 1.90 bits per heavy atom. The van der Waals surface area contributed by atoms with Crippen LogP contribution in [0.5, 0.6) is 0 Å². The van der Waals surface area contributed by atoms with E-state index < -0.39 is 0 Å². The third kappa shape index (κ3) is 4.70. The zero-order valence-corrected chi connectivity index (χ0v) is 17.2. The maximum atomic E-state index is 13.1. The van der Waals surface area contributed by atoms with Gasteiger partial charge in [0.05, 0.1) is 13.2 Å². The Labute approximate surface area is 173 Å². The van der Waals surface area contributed by atoms with Crippen molar-refractivity contribution in [1.82, 2.24) is 10.2 Å². The minimum absolute atomic E-state index is 0.0515. The predicted octanol–water partition coefficient (Wildman–Crippen LogP) is 5.01. The molecule has 152 valence electrons. The molecule has 0 radical (unpaired) electrons. The largest absolute Gasteiger partial charge is 0.380 e. The summed E-state index contributed by atoms with van der Waals surface area (Å²) in [5.41, 5.74) is 2.76. The molecule has 1 N–H and O–H groups in total. The summed E-state index contributed by atoms with van der Waals surface area (Å²) in [6.45, 7) is 2.38. The number of nitrogens with zero attached hydrogens (tertiary/aromatic N) is 1. The van der Waals surface area contributed by atoms with Crippen molar-refractivity contribution in [2.75, 3.05) is 20.2 Å². The summed E-state index contributed by atoms with van der Waals surface area (Å²) < 4.78 is 5.31. The van der Waals surface area contributed by atoms with Crippen molar-refractivity contribution in [3.8, 4) is 0 Å². The van der Waals surface area contributed by atoms with Gasteiger partial charge in [-0.05, 0) is 59.5 Å². The Balaban J connectivity index is 1.46. The number of benzene rings is 2. The summed E-state index contributed by atoms with van der Waals surface area (Å²) in [6.07, 6.45) is 13.0. The van der Waals surface area contributed by atoms with Gasteiger partial charge in [-0.15, -0.1) is 0 Å². The van der Waals surface area contributed by atoms with E-state index in [1.54, 1.807) is 7.11 Å². The number of nitrogens with one attached hydrogen (secondary N) is 1. The molecule has 0 bridgehead atoms. The fourth-order valence-electron chi connectivity index (χ4n) is 4.57. The molecular weight excluding hydrogens is 360 g/mol.